The van der Waals surface area contributed by atoms with Gasteiger partial charge in [-0.05, 0) is 66.6 Å². The molecule has 0 radical (unpaired) electrons. The van der Waals surface area contributed by atoms with Crippen LogP contribution in [0.3, 0.4) is 0 Å². The molecule has 3 rings (SSSR count). The number of carbonyl (C=O) groups is 1. The number of likely N-dealkylation sites (N-methyl/N-ethyl adjacent to an activating group) is 1. The van der Waals surface area contributed by atoms with Crippen molar-refractivity contribution in [3.8, 4) is 17.2 Å². The second-order valence-electron chi connectivity index (χ2n) is 9.07. The van der Waals surface area contributed by atoms with E-state index in [0.29, 0.717) is 11.8 Å². The predicted octanol–water partition coefficient (Wildman–Crippen LogP) is 5.00. The Labute approximate surface area is 184 Å². The number of nitrogens with zero attached hydrogens (tertiary/aromatic N) is 3. The third-order valence-electron chi connectivity index (χ3n) is 5.38. The molecule has 0 N–H and O–H groups in total. The Morgan fingerprint density at radius 1 is 1.06 bits per heavy atom. The van der Waals surface area contributed by atoms with E-state index in [0.717, 1.165) is 28.0 Å². The Balaban J connectivity index is 1.60. The average molecular weight is 422 g/mol. The van der Waals surface area contributed by atoms with E-state index in [1.807, 2.05) is 39.0 Å². The maximum atomic E-state index is 12.5. The van der Waals surface area contributed by atoms with Crippen molar-refractivity contribution in [2.24, 2.45) is 0 Å². The zero-order valence-electron chi connectivity index (χ0n) is 19.4. The van der Waals surface area contributed by atoms with E-state index in [1.165, 1.54) is 10.5 Å². The van der Waals surface area contributed by atoms with E-state index in [1.54, 1.807) is 7.05 Å². The van der Waals surface area contributed by atoms with Gasteiger partial charge in [0.25, 0.3) is 5.91 Å². The van der Waals surface area contributed by atoms with Gasteiger partial charge in [0.2, 0.25) is 11.8 Å². The van der Waals surface area contributed by atoms with Crippen molar-refractivity contribution in [1.82, 2.24) is 15.1 Å². The smallest absolute Gasteiger partial charge is 0.260 e. The van der Waals surface area contributed by atoms with E-state index in [4.69, 9.17) is 9.15 Å². The Morgan fingerprint density at radius 3 is 2.39 bits per heavy atom. The summed E-state index contributed by atoms with van der Waals surface area (Å²) in [4.78, 5) is 14.0. The molecule has 0 fully saturated rings. The van der Waals surface area contributed by atoms with Crippen LogP contribution in [0.1, 0.15) is 48.9 Å². The van der Waals surface area contributed by atoms with Crippen LogP contribution in [-0.2, 0) is 16.8 Å². The van der Waals surface area contributed by atoms with Crippen LogP contribution in [-0.4, -0.2) is 34.7 Å². The first kappa shape index (κ1) is 22.5. The van der Waals surface area contributed by atoms with Gasteiger partial charge in [-0.25, -0.2) is 0 Å². The number of hydrogen-bond acceptors (Lipinski definition) is 5. The number of amides is 1. The Hall–Kier alpha value is -3.15. The van der Waals surface area contributed by atoms with Gasteiger partial charge in [-0.2, -0.15) is 0 Å². The van der Waals surface area contributed by atoms with E-state index in [2.05, 4.69) is 49.2 Å². The van der Waals surface area contributed by atoms with Crippen molar-refractivity contribution in [3.63, 3.8) is 0 Å². The molecular weight excluding hydrogens is 390 g/mol. The minimum atomic E-state index is -0.159. The number of carbonyl (C=O) groups excluding carboxylic acids is 1. The van der Waals surface area contributed by atoms with Crippen LogP contribution in [0.15, 0.2) is 40.8 Å². The average Bonchev–Trinajstić information content (AvgIpc) is 3.17. The summed E-state index contributed by atoms with van der Waals surface area (Å²) in [6.45, 7) is 12.7. The lowest BCUT2D eigenvalue weighted by Crippen LogP contribution is -2.31. The van der Waals surface area contributed by atoms with Crippen LogP contribution in [0, 0.1) is 20.8 Å². The molecule has 0 spiro atoms. The third-order valence-corrected chi connectivity index (χ3v) is 5.38. The fraction of sp³-hybridized carbons (Fsp3) is 0.400. The van der Waals surface area contributed by atoms with Crippen LogP contribution >= 0.6 is 0 Å². The lowest BCUT2D eigenvalue weighted by atomic mass is 9.87. The largest absolute Gasteiger partial charge is 0.483 e. The molecule has 3 aromatic rings. The van der Waals surface area contributed by atoms with Gasteiger partial charge in [0.05, 0.1) is 6.54 Å². The second-order valence-corrected chi connectivity index (χ2v) is 9.07. The zero-order chi connectivity index (χ0) is 22.8. The van der Waals surface area contributed by atoms with Gasteiger partial charge in [-0.15, -0.1) is 10.2 Å². The fourth-order valence-corrected chi connectivity index (χ4v) is 3.24. The molecule has 2 aromatic carbocycles. The van der Waals surface area contributed by atoms with Crippen molar-refractivity contribution in [1.29, 1.82) is 0 Å². The molecule has 0 atom stereocenters. The zero-order valence-corrected chi connectivity index (χ0v) is 19.4. The van der Waals surface area contributed by atoms with Gasteiger partial charge in [0, 0.05) is 12.6 Å². The standard InChI is InChI=1S/C25H31N3O3/c1-16-12-17(2)18(3)21(13-16)30-15-23(29)28(7)14-22-26-27-24(31-22)19-8-10-20(11-9-19)25(4,5)6/h8-13H,14-15H2,1-7H3. The summed E-state index contributed by atoms with van der Waals surface area (Å²) in [6, 6.07) is 12.1. The Morgan fingerprint density at radius 2 is 1.74 bits per heavy atom. The van der Waals surface area contributed by atoms with Crippen molar-refractivity contribution in [2.75, 3.05) is 13.7 Å². The van der Waals surface area contributed by atoms with Crippen molar-refractivity contribution in [2.45, 2.75) is 53.5 Å². The van der Waals surface area contributed by atoms with E-state index in [9.17, 15) is 4.79 Å². The fourth-order valence-electron chi connectivity index (χ4n) is 3.24. The van der Waals surface area contributed by atoms with E-state index < -0.39 is 0 Å². The number of hydrogen-bond donors (Lipinski definition) is 0. The number of aromatic nitrogens is 2. The third kappa shape index (κ3) is 5.51. The molecule has 1 aromatic heterocycles. The summed E-state index contributed by atoms with van der Waals surface area (Å²) in [5, 5.41) is 8.22. The highest BCUT2D eigenvalue weighted by molar-refractivity contribution is 5.77. The maximum Gasteiger partial charge on any atom is 0.260 e. The minimum absolute atomic E-state index is 0.0461. The Bertz CT molecular complexity index is 1060. The summed E-state index contributed by atoms with van der Waals surface area (Å²) in [6.07, 6.45) is 0. The molecule has 0 aliphatic carbocycles. The van der Waals surface area contributed by atoms with Crippen molar-refractivity contribution in [3.05, 3.63) is 64.5 Å². The molecular formula is C25H31N3O3. The van der Waals surface area contributed by atoms with Crippen molar-refractivity contribution < 1.29 is 13.9 Å². The molecule has 1 amide bonds. The summed E-state index contributed by atoms with van der Waals surface area (Å²) >= 11 is 0. The molecule has 164 valence electrons. The lowest BCUT2D eigenvalue weighted by Gasteiger charge is -2.18. The molecule has 0 saturated carbocycles. The summed E-state index contributed by atoms with van der Waals surface area (Å²) in [7, 11) is 1.70. The quantitative estimate of drug-likeness (QED) is 0.560. The van der Waals surface area contributed by atoms with Gasteiger partial charge in [0.1, 0.15) is 5.75 Å². The Kier molecular flexibility index (Phi) is 6.48. The normalized spacial score (nSPS) is 11.5. The number of aryl methyl sites for hydroxylation is 2. The first-order chi connectivity index (χ1) is 14.5. The maximum absolute atomic E-state index is 12.5. The summed E-state index contributed by atoms with van der Waals surface area (Å²) < 4.78 is 11.5. The number of rotatable bonds is 6. The number of ether oxygens (including phenoxy) is 1. The highest BCUT2D eigenvalue weighted by atomic mass is 16.5. The monoisotopic (exact) mass is 421 g/mol. The predicted molar refractivity (Wildman–Crippen MR) is 121 cm³/mol. The van der Waals surface area contributed by atoms with Gasteiger partial charge < -0.3 is 14.1 Å². The molecule has 0 unspecified atom stereocenters. The molecule has 31 heavy (non-hydrogen) atoms. The van der Waals surface area contributed by atoms with E-state index >= 15 is 0 Å². The van der Waals surface area contributed by atoms with Crippen LogP contribution in [0.2, 0.25) is 0 Å². The second kappa shape index (κ2) is 8.92. The molecule has 1 heterocycles. The molecule has 0 aliphatic heterocycles. The van der Waals surface area contributed by atoms with Crippen LogP contribution in [0.5, 0.6) is 5.75 Å². The molecule has 0 aliphatic rings. The molecule has 6 nitrogen and oxygen atoms in total. The van der Waals surface area contributed by atoms with Gasteiger partial charge >= 0.3 is 0 Å². The van der Waals surface area contributed by atoms with Crippen LogP contribution in [0.25, 0.3) is 11.5 Å². The molecule has 0 saturated heterocycles. The first-order valence-corrected chi connectivity index (χ1v) is 10.4. The summed E-state index contributed by atoms with van der Waals surface area (Å²) in [5.41, 5.74) is 5.46. The van der Waals surface area contributed by atoms with Gasteiger partial charge in [-0.1, -0.05) is 39.0 Å². The highest BCUT2D eigenvalue weighted by Crippen LogP contribution is 2.26. The minimum Gasteiger partial charge on any atom is -0.483 e. The van der Waals surface area contributed by atoms with Gasteiger partial charge in [-0.3, -0.25) is 4.79 Å². The molecule has 6 heteroatoms. The highest BCUT2D eigenvalue weighted by Gasteiger charge is 2.17. The topological polar surface area (TPSA) is 68.5 Å². The number of benzene rings is 2. The van der Waals surface area contributed by atoms with Crippen LogP contribution in [0.4, 0.5) is 0 Å². The molecule has 0 bridgehead atoms. The van der Waals surface area contributed by atoms with Crippen molar-refractivity contribution >= 4 is 5.91 Å². The van der Waals surface area contributed by atoms with E-state index in [-0.39, 0.29) is 24.5 Å². The SMILES string of the molecule is Cc1cc(C)c(C)c(OCC(=O)N(C)Cc2nnc(-c3ccc(C(C)(C)C)cc3)o2)c1. The lowest BCUT2D eigenvalue weighted by molar-refractivity contribution is -0.132. The first-order valence-electron chi connectivity index (χ1n) is 10.4. The van der Waals surface area contributed by atoms with Gasteiger partial charge in [0.15, 0.2) is 6.61 Å². The van der Waals surface area contributed by atoms with Crippen LogP contribution < -0.4 is 4.74 Å². The summed E-state index contributed by atoms with van der Waals surface area (Å²) in [5.74, 6) is 1.40.